The third-order valence-corrected chi connectivity index (χ3v) is 4.33. The monoisotopic (exact) mass is 335 g/mol. The second-order valence-corrected chi connectivity index (χ2v) is 6.04. The lowest BCUT2D eigenvalue weighted by Crippen LogP contribution is -2.15. The van der Waals surface area contributed by atoms with Crippen molar-refractivity contribution in [3.63, 3.8) is 0 Å². The summed E-state index contributed by atoms with van der Waals surface area (Å²) in [5.41, 5.74) is -1.87. The molecule has 96 valence electrons. The van der Waals surface area contributed by atoms with Crippen LogP contribution in [0.15, 0.2) is 18.2 Å². The van der Waals surface area contributed by atoms with Crippen LogP contribution >= 0.6 is 15.9 Å². The number of sulfonamides is 1. The van der Waals surface area contributed by atoms with Gasteiger partial charge in [0, 0.05) is 0 Å². The van der Waals surface area contributed by atoms with Gasteiger partial charge in [-0.2, -0.15) is 13.2 Å². The Morgan fingerprint density at radius 1 is 1.29 bits per heavy atom. The molecule has 1 aromatic rings. The standard InChI is InChI=1S/C8H6BrF4NO2S/c9-4-17(15,16)14-7-3-5(8(11,12)13)1-2-6(7)10/h1-3,14H,4H2. The minimum absolute atomic E-state index is 0.398. The Hall–Kier alpha value is -0.830. The lowest BCUT2D eigenvalue weighted by Gasteiger charge is -2.11. The smallest absolute Gasteiger partial charge is 0.280 e. The van der Waals surface area contributed by atoms with E-state index in [9.17, 15) is 26.0 Å². The van der Waals surface area contributed by atoms with Crippen molar-refractivity contribution in [1.82, 2.24) is 0 Å². The van der Waals surface area contributed by atoms with Gasteiger partial charge in [-0.1, -0.05) is 15.9 Å². The maximum absolute atomic E-state index is 13.1. The lowest BCUT2D eigenvalue weighted by molar-refractivity contribution is -0.137. The van der Waals surface area contributed by atoms with Crippen molar-refractivity contribution in [3.05, 3.63) is 29.6 Å². The van der Waals surface area contributed by atoms with Gasteiger partial charge in [0.2, 0.25) is 10.0 Å². The maximum Gasteiger partial charge on any atom is 0.416 e. The molecule has 0 aromatic heterocycles. The van der Waals surface area contributed by atoms with Gasteiger partial charge in [0.05, 0.1) is 11.3 Å². The molecule has 17 heavy (non-hydrogen) atoms. The van der Waals surface area contributed by atoms with Crippen LogP contribution in [0.4, 0.5) is 23.2 Å². The third-order valence-electron chi connectivity index (χ3n) is 1.70. The van der Waals surface area contributed by atoms with E-state index in [1.807, 2.05) is 0 Å². The first-order chi connectivity index (χ1) is 7.65. The number of benzene rings is 1. The van der Waals surface area contributed by atoms with Gasteiger partial charge < -0.3 is 0 Å². The van der Waals surface area contributed by atoms with Crippen LogP contribution in [0.3, 0.4) is 0 Å². The highest BCUT2D eigenvalue weighted by Gasteiger charge is 2.31. The van der Waals surface area contributed by atoms with Crippen LogP contribution in [0.5, 0.6) is 0 Å². The molecule has 0 radical (unpaired) electrons. The molecule has 0 amide bonds. The van der Waals surface area contributed by atoms with Gasteiger partial charge in [-0.15, -0.1) is 0 Å². The van der Waals surface area contributed by atoms with Crippen molar-refractivity contribution < 1.29 is 26.0 Å². The van der Waals surface area contributed by atoms with Crippen LogP contribution < -0.4 is 4.72 Å². The van der Waals surface area contributed by atoms with Gasteiger partial charge in [0.1, 0.15) is 10.5 Å². The van der Waals surface area contributed by atoms with Crippen LogP contribution in [0.25, 0.3) is 0 Å². The van der Waals surface area contributed by atoms with Crippen molar-refractivity contribution in [2.45, 2.75) is 6.18 Å². The summed E-state index contributed by atoms with van der Waals surface area (Å²) in [6, 6.07) is 1.48. The molecule has 3 nitrogen and oxygen atoms in total. The highest BCUT2D eigenvalue weighted by Crippen LogP contribution is 2.32. The number of nitrogens with one attached hydrogen (secondary N) is 1. The van der Waals surface area contributed by atoms with Crippen LogP contribution in [-0.4, -0.2) is 13.1 Å². The second-order valence-electron chi connectivity index (χ2n) is 3.02. The quantitative estimate of drug-likeness (QED) is 0.681. The number of hydrogen-bond donors (Lipinski definition) is 1. The van der Waals surface area contributed by atoms with E-state index in [0.29, 0.717) is 18.2 Å². The molecule has 0 aliphatic heterocycles. The molecule has 0 bridgehead atoms. The molecule has 0 atom stereocenters. The summed E-state index contributed by atoms with van der Waals surface area (Å²) in [6.45, 7) is 0. The summed E-state index contributed by atoms with van der Waals surface area (Å²) in [4.78, 5) is 0. The first-order valence-electron chi connectivity index (χ1n) is 4.09. The van der Waals surface area contributed by atoms with Gasteiger partial charge >= 0.3 is 6.18 Å². The van der Waals surface area contributed by atoms with Crippen molar-refractivity contribution >= 4 is 31.6 Å². The van der Waals surface area contributed by atoms with E-state index in [4.69, 9.17) is 0 Å². The molecular weight excluding hydrogens is 330 g/mol. The SMILES string of the molecule is O=S(=O)(CBr)Nc1cc(C(F)(F)F)ccc1F. The van der Waals surface area contributed by atoms with Gasteiger partial charge in [0.15, 0.2) is 0 Å². The zero-order valence-corrected chi connectivity index (χ0v) is 10.5. The fourth-order valence-corrected chi connectivity index (χ4v) is 1.86. The van der Waals surface area contributed by atoms with Crippen molar-refractivity contribution in [2.75, 3.05) is 9.38 Å². The van der Waals surface area contributed by atoms with Crippen LogP contribution in [0.1, 0.15) is 5.56 Å². The second kappa shape index (κ2) is 4.81. The van der Waals surface area contributed by atoms with Crippen LogP contribution in [0, 0.1) is 5.82 Å². The number of hydrogen-bond acceptors (Lipinski definition) is 2. The summed E-state index contributed by atoms with van der Waals surface area (Å²) < 4.78 is 73.3. The summed E-state index contributed by atoms with van der Waals surface area (Å²) in [7, 11) is -3.90. The van der Waals surface area contributed by atoms with Crippen molar-refractivity contribution in [3.8, 4) is 0 Å². The average Bonchev–Trinajstić information content (AvgIpc) is 2.19. The number of rotatable bonds is 3. The van der Waals surface area contributed by atoms with Gasteiger partial charge in [-0.25, -0.2) is 12.8 Å². The average molecular weight is 336 g/mol. The van der Waals surface area contributed by atoms with E-state index >= 15 is 0 Å². The minimum atomic E-state index is -4.66. The van der Waals surface area contributed by atoms with Crippen LogP contribution in [0.2, 0.25) is 0 Å². The van der Waals surface area contributed by atoms with Gasteiger partial charge in [0.25, 0.3) is 0 Å². The fourth-order valence-electron chi connectivity index (χ4n) is 0.975. The molecular formula is C8H6BrF4NO2S. The first kappa shape index (κ1) is 14.2. The normalized spacial score (nSPS) is 12.5. The van der Waals surface area contributed by atoms with E-state index in [0.717, 1.165) is 0 Å². The Morgan fingerprint density at radius 3 is 2.35 bits per heavy atom. The highest BCUT2D eigenvalue weighted by molar-refractivity contribution is 9.10. The van der Waals surface area contributed by atoms with E-state index in [1.165, 1.54) is 0 Å². The lowest BCUT2D eigenvalue weighted by atomic mass is 10.2. The number of anilines is 1. The molecule has 0 unspecified atom stereocenters. The topological polar surface area (TPSA) is 46.2 Å². The molecule has 1 rings (SSSR count). The molecule has 0 saturated heterocycles. The van der Waals surface area contributed by atoms with Crippen molar-refractivity contribution in [1.29, 1.82) is 0 Å². The maximum atomic E-state index is 13.1. The number of halogens is 5. The molecule has 1 N–H and O–H groups in total. The summed E-state index contributed by atoms with van der Waals surface area (Å²) in [5, 5.41) is 0. The summed E-state index contributed by atoms with van der Waals surface area (Å²) in [5.74, 6) is -1.08. The minimum Gasteiger partial charge on any atom is -0.280 e. The molecule has 0 aliphatic rings. The molecule has 0 saturated carbocycles. The van der Waals surface area contributed by atoms with E-state index in [1.54, 1.807) is 4.72 Å². The third kappa shape index (κ3) is 3.84. The van der Waals surface area contributed by atoms with E-state index in [-0.39, 0.29) is 0 Å². The Kier molecular flexibility index (Phi) is 4.03. The summed E-state index contributed by atoms with van der Waals surface area (Å²) >= 11 is 2.62. The zero-order chi connectivity index (χ0) is 13.3. The molecule has 0 spiro atoms. The fraction of sp³-hybridized carbons (Fsp3) is 0.250. The number of alkyl halides is 4. The van der Waals surface area contributed by atoms with Crippen LogP contribution in [-0.2, 0) is 16.2 Å². The Labute approximate surface area is 103 Å². The molecule has 0 fully saturated rings. The Bertz CT molecular complexity index is 515. The van der Waals surface area contributed by atoms with Gasteiger partial charge in [-0.05, 0) is 18.2 Å². The largest absolute Gasteiger partial charge is 0.416 e. The highest BCUT2D eigenvalue weighted by atomic mass is 79.9. The van der Waals surface area contributed by atoms with Crippen molar-refractivity contribution in [2.24, 2.45) is 0 Å². The van der Waals surface area contributed by atoms with E-state index in [2.05, 4.69) is 15.9 Å². The predicted octanol–water partition coefficient (Wildman–Crippen LogP) is 2.94. The first-order valence-corrected chi connectivity index (χ1v) is 6.86. The molecule has 0 heterocycles. The summed E-state index contributed by atoms with van der Waals surface area (Å²) in [6.07, 6.45) is -4.66. The Balaban J connectivity index is 3.17. The molecule has 1 aromatic carbocycles. The van der Waals surface area contributed by atoms with E-state index < -0.39 is 37.9 Å². The predicted molar refractivity (Wildman–Crippen MR) is 57.7 cm³/mol. The molecule has 0 aliphatic carbocycles. The van der Waals surface area contributed by atoms with Gasteiger partial charge in [-0.3, -0.25) is 4.72 Å². The Morgan fingerprint density at radius 2 is 1.88 bits per heavy atom. The zero-order valence-electron chi connectivity index (χ0n) is 8.05. The molecule has 9 heteroatoms.